The van der Waals surface area contributed by atoms with Crippen LogP contribution in [0.1, 0.15) is 51.6 Å². The fourth-order valence-electron chi connectivity index (χ4n) is 3.22. The Morgan fingerprint density at radius 2 is 1.95 bits per heavy atom. The molecule has 3 nitrogen and oxygen atoms in total. The number of carbonyl (C=O) groups excluding carboxylic acids is 1. The van der Waals surface area contributed by atoms with E-state index in [2.05, 4.69) is 18.7 Å². The molecule has 1 aromatic rings. The number of likely N-dealkylation sites (tertiary alicyclic amines) is 1. The highest BCUT2D eigenvalue weighted by Gasteiger charge is 2.36. The number of amides is 1. The predicted octanol–water partition coefficient (Wildman–Crippen LogP) is 3.53. The quantitative estimate of drug-likeness (QED) is 0.924. The lowest BCUT2D eigenvalue weighted by Crippen LogP contribution is -2.45. The summed E-state index contributed by atoms with van der Waals surface area (Å²) in [5.41, 5.74) is 7.33. The van der Waals surface area contributed by atoms with Gasteiger partial charge < -0.3 is 10.6 Å². The fraction of sp³-hybridized carbons (Fsp3) is 0.588. The first kappa shape index (κ1) is 18.0. The van der Waals surface area contributed by atoms with Gasteiger partial charge in [0.05, 0.1) is 5.92 Å². The molecule has 0 bridgehead atoms. The highest BCUT2D eigenvalue weighted by molar-refractivity contribution is 5.85. The van der Waals surface area contributed by atoms with Crippen LogP contribution in [0.15, 0.2) is 30.3 Å². The number of carbonyl (C=O) groups is 1. The third-order valence-corrected chi connectivity index (χ3v) is 4.62. The van der Waals surface area contributed by atoms with E-state index in [0.29, 0.717) is 12.1 Å². The topological polar surface area (TPSA) is 46.3 Å². The zero-order valence-corrected chi connectivity index (χ0v) is 14.0. The molecule has 0 saturated carbocycles. The van der Waals surface area contributed by atoms with E-state index < -0.39 is 0 Å². The monoisotopic (exact) mass is 310 g/mol. The molecule has 4 unspecified atom stereocenters. The second-order valence-corrected chi connectivity index (χ2v) is 5.96. The highest BCUT2D eigenvalue weighted by atomic mass is 35.5. The molecule has 1 aromatic carbocycles. The fourth-order valence-corrected chi connectivity index (χ4v) is 3.22. The molecule has 0 radical (unpaired) electrons. The van der Waals surface area contributed by atoms with Crippen molar-refractivity contribution in [3.63, 3.8) is 0 Å². The summed E-state index contributed by atoms with van der Waals surface area (Å²) in [6.45, 7) is 6.26. The van der Waals surface area contributed by atoms with Crippen LogP contribution in [0.25, 0.3) is 0 Å². The molecular formula is C17H27ClN2O. The van der Waals surface area contributed by atoms with Gasteiger partial charge >= 0.3 is 0 Å². The van der Waals surface area contributed by atoms with Crippen LogP contribution in [0.4, 0.5) is 0 Å². The minimum Gasteiger partial charge on any atom is -0.337 e. The Morgan fingerprint density at radius 1 is 1.33 bits per heavy atom. The zero-order valence-electron chi connectivity index (χ0n) is 13.2. The molecular weight excluding hydrogens is 284 g/mol. The van der Waals surface area contributed by atoms with Gasteiger partial charge in [0.15, 0.2) is 0 Å². The Hall–Kier alpha value is -1.06. The molecule has 1 heterocycles. The van der Waals surface area contributed by atoms with Crippen LogP contribution < -0.4 is 5.73 Å². The summed E-state index contributed by atoms with van der Waals surface area (Å²) in [5.74, 6) is 0.0326. The molecule has 0 spiro atoms. The number of benzene rings is 1. The Morgan fingerprint density at radius 3 is 2.52 bits per heavy atom. The molecule has 1 aliphatic rings. The summed E-state index contributed by atoms with van der Waals surface area (Å²) in [7, 11) is 0. The molecule has 0 aliphatic carbocycles. The maximum atomic E-state index is 12.8. The third-order valence-electron chi connectivity index (χ3n) is 4.62. The van der Waals surface area contributed by atoms with Crippen LogP contribution in [0.5, 0.6) is 0 Å². The van der Waals surface area contributed by atoms with Gasteiger partial charge in [-0.1, -0.05) is 44.2 Å². The van der Waals surface area contributed by atoms with Crippen molar-refractivity contribution in [1.82, 2.24) is 4.90 Å². The van der Waals surface area contributed by atoms with Crippen molar-refractivity contribution in [1.29, 1.82) is 0 Å². The molecule has 118 valence electrons. The summed E-state index contributed by atoms with van der Waals surface area (Å²) in [4.78, 5) is 14.9. The first-order valence-electron chi connectivity index (χ1n) is 7.69. The van der Waals surface area contributed by atoms with E-state index in [-0.39, 0.29) is 30.3 Å². The predicted molar refractivity (Wildman–Crippen MR) is 89.4 cm³/mol. The van der Waals surface area contributed by atoms with Crippen molar-refractivity contribution >= 4 is 18.3 Å². The Balaban J connectivity index is 0.00000220. The number of nitrogens with zero attached hydrogens (tertiary/aromatic N) is 1. The first-order valence-corrected chi connectivity index (χ1v) is 7.69. The molecule has 4 atom stereocenters. The maximum Gasteiger partial charge on any atom is 0.227 e. The lowest BCUT2D eigenvalue weighted by atomic mass is 9.93. The Labute approximate surface area is 134 Å². The van der Waals surface area contributed by atoms with Crippen LogP contribution in [0.2, 0.25) is 0 Å². The molecule has 1 amide bonds. The summed E-state index contributed by atoms with van der Waals surface area (Å²) < 4.78 is 0. The van der Waals surface area contributed by atoms with Gasteiger partial charge in [-0.2, -0.15) is 0 Å². The molecule has 1 saturated heterocycles. The van der Waals surface area contributed by atoms with Crippen molar-refractivity contribution in [2.75, 3.05) is 0 Å². The van der Waals surface area contributed by atoms with Gasteiger partial charge in [-0.25, -0.2) is 0 Å². The zero-order chi connectivity index (χ0) is 14.7. The van der Waals surface area contributed by atoms with E-state index in [1.54, 1.807) is 0 Å². The first-order chi connectivity index (χ1) is 9.56. The Bertz CT molecular complexity index is 451. The van der Waals surface area contributed by atoms with Crippen LogP contribution in [0, 0.1) is 5.92 Å². The van der Waals surface area contributed by atoms with Crippen LogP contribution in [0.3, 0.4) is 0 Å². The molecule has 1 aliphatic heterocycles. The maximum absolute atomic E-state index is 12.8. The largest absolute Gasteiger partial charge is 0.337 e. The summed E-state index contributed by atoms with van der Waals surface area (Å²) in [6, 6.07) is 10.4. The van der Waals surface area contributed by atoms with Gasteiger partial charge in [0, 0.05) is 18.1 Å². The minimum atomic E-state index is -0.228. The van der Waals surface area contributed by atoms with E-state index in [9.17, 15) is 4.79 Å². The lowest BCUT2D eigenvalue weighted by Gasteiger charge is -2.32. The molecule has 21 heavy (non-hydrogen) atoms. The van der Waals surface area contributed by atoms with Gasteiger partial charge in [0.25, 0.3) is 0 Å². The second-order valence-electron chi connectivity index (χ2n) is 5.96. The van der Waals surface area contributed by atoms with Crippen LogP contribution in [-0.4, -0.2) is 22.9 Å². The highest BCUT2D eigenvalue weighted by Crippen LogP contribution is 2.30. The van der Waals surface area contributed by atoms with Crippen molar-refractivity contribution in [2.24, 2.45) is 11.7 Å². The average molecular weight is 311 g/mol. The third kappa shape index (κ3) is 3.78. The second kappa shape index (κ2) is 7.81. The van der Waals surface area contributed by atoms with Crippen LogP contribution in [-0.2, 0) is 4.79 Å². The van der Waals surface area contributed by atoms with Crippen molar-refractivity contribution < 1.29 is 4.79 Å². The Kier molecular flexibility index (Phi) is 6.69. The van der Waals surface area contributed by atoms with Crippen molar-refractivity contribution in [2.45, 2.75) is 58.2 Å². The van der Waals surface area contributed by atoms with Gasteiger partial charge in [-0.15, -0.1) is 12.4 Å². The number of halogens is 1. The van der Waals surface area contributed by atoms with E-state index in [1.807, 2.05) is 37.3 Å². The summed E-state index contributed by atoms with van der Waals surface area (Å²) in [6.07, 6.45) is 3.26. The van der Waals surface area contributed by atoms with E-state index >= 15 is 0 Å². The standard InChI is InChI=1S/C17H26N2O.ClH/c1-4-15-11-10-12(2)19(15)17(20)13(3)16(18)14-8-6-5-7-9-14;/h5-9,12-13,15-16H,4,10-11,18H2,1-3H3;1H. The molecule has 2 rings (SSSR count). The number of rotatable bonds is 4. The number of nitrogens with two attached hydrogens (primary N) is 1. The van der Waals surface area contributed by atoms with E-state index in [1.165, 1.54) is 0 Å². The molecule has 4 heteroatoms. The molecule has 2 N–H and O–H groups in total. The molecule has 1 fully saturated rings. The van der Waals surface area contributed by atoms with Crippen molar-refractivity contribution in [3.05, 3.63) is 35.9 Å². The molecule has 0 aromatic heterocycles. The average Bonchev–Trinajstić information content (AvgIpc) is 2.86. The van der Waals surface area contributed by atoms with E-state index in [0.717, 1.165) is 24.8 Å². The number of hydrogen-bond donors (Lipinski definition) is 1. The van der Waals surface area contributed by atoms with Gasteiger partial charge in [-0.05, 0) is 31.7 Å². The number of hydrogen-bond acceptors (Lipinski definition) is 2. The van der Waals surface area contributed by atoms with Gasteiger partial charge in [-0.3, -0.25) is 4.79 Å². The summed E-state index contributed by atoms with van der Waals surface area (Å²) in [5, 5.41) is 0. The van der Waals surface area contributed by atoms with Crippen LogP contribution >= 0.6 is 12.4 Å². The summed E-state index contributed by atoms with van der Waals surface area (Å²) >= 11 is 0. The van der Waals surface area contributed by atoms with Crippen molar-refractivity contribution in [3.8, 4) is 0 Å². The lowest BCUT2D eigenvalue weighted by molar-refractivity contribution is -0.138. The van der Waals surface area contributed by atoms with Gasteiger partial charge in [0.2, 0.25) is 5.91 Å². The van der Waals surface area contributed by atoms with E-state index in [4.69, 9.17) is 5.73 Å². The van der Waals surface area contributed by atoms with Gasteiger partial charge in [0.1, 0.15) is 0 Å². The smallest absolute Gasteiger partial charge is 0.227 e. The minimum absolute atomic E-state index is 0. The normalized spacial score (nSPS) is 24.3. The SMILES string of the molecule is CCC1CCC(C)N1C(=O)C(C)C(N)c1ccccc1.Cl.